The monoisotopic (exact) mass is 358 g/mol. The van der Waals surface area contributed by atoms with Crippen molar-refractivity contribution in [2.75, 3.05) is 0 Å². The molecule has 0 unspecified atom stereocenters. The topological polar surface area (TPSA) is 63.1 Å². The van der Waals surface area contributed by atoms with Gasteiger partial charge in [0.05, 0.1) is 5.56 Å². The number of aromatic carboxylic acids is 1. The van der Waals surface area contributed by atoms with Crippen LogP contribution < -0.4 is 0 Å². The van der Waals surface area contributed by atoms with E-state index in [0.717, 1.165) is 8.47 Å². The highest BCUT2D eigenvalue weighted by molar-refractivity contribution is 14.1. The van der Waals surface area contributed by atoms with Gasteiger partial charge in [0, 0.05) is 20.9 Å². The van der Waals surface area contributed by atoms with Gasteiger partial charge < -0.3 is 5.11 Å². The third-order valence-corrected chi connectivity index (χ3v) is 3.37. The first kappa shape index (κ1) is 12.3. The number of halogens is 1. The fourth-order valence-electron chi connectivity index (χ4n) is 1.12. The van der Waals surface area contributed by atoms with Gasteiger partial charge in [0.2, 0.25) is 0 Å². The molecule has 1 heterocycles. The zero-order valence-electron chi connectivity index (χ0n) is 8.50. The maximum atomic E-state index is 10.7. The van der Waals surface area contributed by atoms with Crippen molar-refractivity contribution in [2.24, 2.45) is 0 Å². The van der Waals surface area contributed by atoms with Crippen molar-refractivity contribution in [3.63, 3.8) is 0 Å². The molecule has 2 aromatic rings. The summed E-state index contributed by atoms with van der Waals surface area (Å²) < 4.78 is 0.980. The minimum Gasteiger partial charge on any atom is -0.478 e. The van der Waals surface area contributed by atoms with Crippen LogP contribution in [0.3, 0.4) is 0 Å². The predicted octanol–water partition coefficient (Wildman–Crippen LogP) is 2.93. The molecule has 1 aromatic carbocycles. The minimum absolute atomic E-state index is 0.276. The fraction of sp³-hybridized carbons (Fsp3) is 0. The number of carboxylic acid groups (broad SMARTS) is 1. The highest BCUT2D eigenvalue weighted by Crippen LogP contribution is 2.24. The molecule has 0 aliphatic heterocycles. The number of aromatic nitrogens is 2. The predicted molar refractivity (Wildman–Crippen MR) is 72.3 cm³/mol. The van der Waals surface area contributed by atoms with Crippen LogP contribution in [0.5, 0.6) is 0 Å². The summed E-state index contributed by atoms with van der Waals surface area (Å²) in [5, 5.41) is 9.41. The Hall–Kier alpha value is -1.15. The number of hydrogen-bond acceptors (Lipinski definition) is 4. The molecule has 0 bridgehead atoms. The molecule has 0 saturated heterocycles. The third kappa shape index (κ3) is 3.40. The molecule has 0 radical (unpaired) electrons. The average molecular weight is 358 g/mol. The van der Waals surface area contributed by atoms with E-state index in [1.54, 1.807) is 36.7 Å². The Morgan fingerprint density at radius 2 is 1.76 bits per heavy atom. The molecule has 0 fully saturated rings. The molecule has 17 heavy (non-hydrogen) atoms. The first-order chi connectivity index (χ1) is 8.15. The second-order valence-electron chi connectivity index (χ2n) is 3.12. The molecule has 86 valence electrons. The van der Waals surface area contributed by atoms with Gasteiger partial charge in [-0.2, -0.15) is 0 Å². The molecule has 1 N–H and O–H groups in total. The molecule has 1 aromatic heterocycles. The van der Waals surface area contributed by atoms with E-state index in [1.807, 2.05) is 0 Å². The summed E-state index contributed by atoms with van der Waals surface area (Å²) in [5.41, 5.74) is 0.276. The Kier molecular flexibility index (Phi) is 3.95. The van der Waals surface area contributed by atoms with Crippen molar-refractivity contribution in [3.8, 4) is 0 Å². The summed E-state index contributed by atoms with van der Waals surface area (Å²) in [6.45, 7) is 0. The highest BCUT2D eigenvalue weighted by Gasteiger charge is 2.04. The summed E-state index contributed by atoms with van der Waals surface area (Å²) in [5.74, 6) is -0.924. The number of nitrogens with zero attached hydrogens (tertiary/aromatic N) is 2. The Morgan fingerprint density at radius 1 is 1.18 bits per heavy atom. The molecule has 0 spiro atoms. The summed E-state index contributed by atoms with van der Waals surface area (Å²) in [6, 6.07) is 6.62. The van der Waals surface area contributed by atoms with E-state index in [1.165, 1.54) is 11.8 Å². The quantitative estimate of drug-likeness (QED) is 0.675. The lowest BCUT2D eigenvalue weighted by molar-refractivity contribution is 0.0697. The van der Waals surface area contributed by atoms with Crippen molar-refractivity contribution in [3.05, 3.63) is 45.8 Å². The van der Waals surface area contributed by atoms with Crippen molar-refractivity contribution in [1.82, 2.24) is 9.97 Å². The van der Waals surface area contributed by atoms with E-state index in [9.17, 15) is 4.79 Å². The Morgan fingerprint density at radius 3 is 2.29 bits per heavy atom. The van der Waals surface area contributed by atoms with Gasteiger partial charge >= 0.3 is 5.97 Å². The third-order valence-electron chi connectivity index (χ3n) is 1.91. The SMILES string of the molecule is O=C(O)c1ccc(Sc2ncc(I)cn2)cc1. The molecule has 0 saturated carbocycles. The van der Waals surface area contributed by atoms with Gasteiger partial charge in [0.15, 0.2) is 5.16 Å². The van der Waals surface area contributed by atoms with E-state index in [0.29, 0.717) is 5.16 Å². The van der Waals surface area contributed by atoms with Crippen LogP contribution >= 0.6 is 34.4 Å². The van der Waals surface area contributed by atoms with E-state index >= 15 is 0 Å². The van der Waals surface area contributed by atoms with Crippen molar-refractivity contribution in [1.29, 1.82) is 0 Å². The molecular formula is C11H7IN2O2S. The maximum absolute atomic E-state index is 10.7. The largest absolute Gasteiger partial charge is 0.478 e. The zero-order chi connectivity index (χ0) is 12.3. The van der Waals surface area contributed by atoms with Crippen LogP contribution in [0.1, 0.15) is 10.4 Å². The Labute approximate surface area is 116 Å². The van der Waals surface area contributed by atoms with Crippen molar-refractivity contribution < 1.29 is 9.90 Å². The van der Waals surface area contributed by atoms with Gasteiger partial charge in [-0.25, -0.2) is 14.8 Å². The van der Waals surface area contributed by atoms with Crippen LogP contribution in [0.25, 0.3) is 0 Å². The van der Waals surface area contributed by atoms with E-state index in [4.69, 9.17) is 5.11 Å². The molecule has 2 rings (SSSR count). The number of carboxylic acids is 1. The van der Waals surface area contributed by atoms with Gasteiger partial charge in [0.25, 0.3) is 0 Å². The van der Waals surface area contributed by atoms with Gasteiger partial charge in [-0.3, -0.25) is 0 Å². The van der Waals surface area contributed by atoms with Gasteiger partial charge in [-0.1, -0.05) is 0 Å². The lowest BCUT2D eigenvalue weighted by Crippen LogP contribution is -1.94. The summed E-state index contributed by atoms with van der Waals surface area (Å²) in [6.07, 6.45) is 3.48. The summed E-state index contributed by atoms with van der Waals surface area (Å²) in [4.78, 5) is 19.9. The normalized spacial score (nSPS) is 10.2. The zero-order valence-corrected chi connectivity index (χ0v) is 11.5. The van der Waals surface area contributed by atoms with Crippen LogP contribution in [0.4, 0.5) is 0 Å². The van der Waals surface area contributed by atoms with E-state index < -0.39 is 5.97 Å². The van der Waals surface area contributed by atoms with Gasteiger partial charge in [-0.15, -0.1) is 0 Å². The summed E-state index contributed by atoms with van der Waals surface area (Å²) >= 11 is 3.54. The van der Waals surface area contributed by atoms with Crippen molar-refractivity contribution >= 4 is 40.3 Å². The molecule has 0 amide bonds. The number of rotatable bonds is 3. The van der Waals surface area contributed by atoms with Crippen molar-refractivity contribution in [2.45, 2.75) is 10.1 Å². The number of hydrogen-bond donors (Lipinski definition) is 1. The average Bonchev–Trinajstić information content (AvgIpc) is 2.33. The summed E-state index contributed by atoms with van der Waals surface area (Å²) in [7, 11) is 0. The highest BCUT2D eigenvalue weighted by atomic mass is 127. The lowest BCUT2D eigenvalue weighted by Gasteiger charge is -2.00. The molecule has 0 atom stereocenters. The molecule has 0 aliphatic carbocycles. The standard InChI is InChI=1S/C11H7IN2O2S/c12-8-5-13-11(14-6-8)17-9-3-1-7(2-4-9)10(15)16/h1-6H,(H,15,16). The van der Waals surface area contributed by atoms with Crippen LogP contribution in [0.2, 0.25) is 0 Å². The van der Waals surface area contributed by atoms with Crippen LogP contribution in [-0.4, -0.2) is 21.0 Å². The van der Waals surface area contributed by atoms with Crippen LogP contribution in [0.15, 0.2) is 46.7 Å². The van der Waals surface area contributed by atoms with Crippen LogP contribution in [-0.2, 0) is 0 Å². The van der Waals surface area contributed by atoms with Gasteiger partial charge in [0.1, 0.15) is 0 Å². The fourth-order valence-corrected chi connectivity index (χ4v) is 2.10. The molecule has 6 heteroatoms. The van der Waals surface area contributed by atoms with Crippen LogP contribution in [0, 0.1) is 3.57 Å². The lowest BCUT2D eigenvalue weighted by atomic mass is 10.2. The second kappa shape index (κ2) is 5.46. The Bertz CT molecular complexity index is 528. The van der Waals surface area contributed by atoms with Gasteiger partial charge in [-0.05, 0) is 58.6 Å². The maximum Gasteiger partial charge on any atom is 0.335 e. The number of benzene rings is 1. The van der Waals surface area contributed by atoms with E-state index in [2.05, 4.69) is 32.6 Å². The molecular weight excluding hydrogens is 351 g/mol. The Balaban J connectivity index is 2.13. The second-order valence-corrected chi connectivity index (χ2v) is 5.40. The first-order valence-corrected chi connectivity index (χ1v) is 6.53. The molecule has 4 nitrogen and oxygen atoms in total. The first-order valence-electron chi connectivity index (χ1n) is 4.64. The minimum atomic E-state index is -0.924. The number of carbonyl (C=O) groups is 1. The van der Waals surface area contributed by atoms with E-state index in [-0.39, 0.29) is 5.56 Å². The molecule has 0 aliphatic rings. The smallest absolute Gasteiger partial charge is 0.335 e.